The molecule has 2 aliphatic rings. The van der Waals surface area contributed by atoms with Gasteiger partial charge in [-0.05, 0) is 50.3 Å². The second-order valence-electron chi connectivity index (χ2n) is 7.28. The van der Waals surface area contributed by atoms with Gasteiger partial charge in [0.25, 0.3) is 0 Å². The average molecular weight is 356 g/mol. The summed E-state index contributed by atoms with van der Waals surface area (Å²) >= 11 is 12.0. The SMILES string of the molecule is CC(C)(C)OC(=O)N1C[C@@H]2[C@H](C1)C2(C=O)c1ccc(Cl)c(Cl)c1. The van der Waals surface area contributed by atoms with Gasteiger partial charge in [-0.1, -0.05) is 29.3 Å². The third kappa shape index (κ3) is 2.72. The number of hydrogen-bond acceptors (Lipinski definition) is 3. The lowest BCUT2D eigenvalue weighted by Gasteiger charge is -2.27. The fourth-order valence-corrected chi connectivity index (χ4v) is 3.88. The van der Waals surface area contributed by atoms with Crippen molar-refractivity contribution < 1.29 is 14.3 Å². The third-order valence-corrected chi connectivity index (χ3v) is 5.44. The molecule has 0 aromatic heterocycles. The van der Waals surface area contributed by atoms with Crippen LogP contribution in [0.25, 0.3) is 0 Å². The number of hydrogen-bond donors (Lipinski definition) is 0. The highest BCUT2D eigenvalue weighted by Crippen LogP contribution is 2.62. The predicted molar refractivity (Wildman–Crippen MR) is 89.0 cm³/mol. The molecule has 1 aromatic rings. The molecule has 0 spiro atoms. The van der Waals surface area contributed by atoms with Crippen LogP contribution in [0.15, 0.2) is 18.2 Å². The van der Waals surface area contributed by atoms with Crippen molar-refractivity contribution in [3.63, 3.8) is 0 Å². The molecule has 1 unspecified atom stereocenters. The topological polar surface area (TPSA) is 46.6 Å². The number of carbonyl (C=O) groups excluding carboxylic acids is 2. The summed E-state index contributed by atoms with van der Waals surface area (Å²) in [5, 5.41) is 0.914. The van der Waals surface area contributed by atoms with Crippen LogP contribution in [-0.4, -0.2) is 36.0 Å². The maximum absolute atomic E-state index is 12.1. The monoisotopic (exact) mass is 355 g/mol. The van der Waals surface area contributed by atoms with Gasteiger partial charge in [-0.3, -0.25) is 0 Å². The highest BCUT2D eigenvalue weighted by atomic mass is 35.5. The minimum Gasteiger partial charge on any atom is -0.444 e. The van der Waals surface area contributed by atoms with Gasteiger partial charge in [0, 0.05) is 13.1 Å². The molecule has 0 bridgehead atoms. The van der Waals surface area contributed by atoms with Gasteiger partial charge < -0.3 is 14.4 Å². The molecule has 23 heavy (non-hydrogen) atoms. The van der Waals surface area contributed by atoms with Crippen LogP contribution in [0.4, 0.5) is 4.79 Å². The second kappa shape index (κ2) is 5.38. The largest absolute Gasteiger partial charge is 0.444 e. The minimum atomic E-state index is -0.549. The van der Waals surface area contributed by atoms with E-state index in [-0.39, 0.29) is 17.9 Å². The summed E-state index contributed by atoms with van der Waals surface area (Å²) in [5.74, 6) is 0.231. The number of aldehydes is 1. The van der Waals surface area contributed by atoms with Crippen LogP contribution >= 0.6 is 23.2 Å². The number of benzene rings is 1. The number of nitrogens with zero attached hydrogens (tertiary/aromatic N) is 1. The highest BCUT2D eigenvalue weighted by molar-refractivity contribution is 6.42. The molecule has 6 heteroatoms. The Morgan fingerprint density at radius 1 is 1.26 bits per heavy atom. The molecule has 1 saturated heterocycles. The van der Waals surface area contributed by atoms with E-state index in [0.29, 0.717) is 23.1 Å². The van der Waals surface area contributed by atoms with E-state index >= 15 is 0 Å². The zero-order valence-electron chi connectivity index (χ0n) is 13.3. The van der Waals surface area contributed by atoms with Crippen molar-refractivity contribution in [2.75, 3.05) is 13.1 Å². The fraction of sp³-hybridized carbons (Fsp3) is 0.529. The Bertz CT molecular complexity index is 656. The number of ether oxygens (including phenoxy) is 1. The van der Waals surface area contributed by atoms with E-state index in [4.69, 9.17) is 27.9 Å². The molecule has 124 valence electrons. The number of piperidine rings is 1. The zero-order chi connectivity index (χ0) is 17.0. The molecule has 1 aliphatic heterocycles. The van der Waals surface area contributed by atoms with E-state index < -0.39 is 11.0 Å². The number of carbonyl (C=O) groups is 2. The summed E-state index contributed by atoms with van der Waals surface area (Å²) in [6.45, 7) is 6.57. The number of fused-ring (bicyclic) bond motifs is 1. The Kier molecular flexibility index (Phi) is 3.88. The van der Waals surface area contributed by atoms with Crippen LogP contribution in [0, 0.1) is 11.8 Å². The summed E-state index contributed by atoms with van der Waals surface area (Å²) in [4.78, 5) is 25.6. The first kappa shape index (κ1) is 16.6. The number of amides is 1. The maximum atomic E-state index is 12.1. The van der Waals surface area contributed by atoms with Crippen LogP contribution in [0.2, 0.25) is 10.0 Å². The molecule has 0 radical (unpaired) electrons. The van der Waals surface area contributed by atoms with Crippen molar-refractivity contribution in [1.82, 2.24) is 4.90 Å². The Hall–Kier alpha value is -1.26. The molecule has 1 heterocycles. The fourth-order valence-electron chi connectivity index (χ4n) is 3.58. The predicted octanol–water partition coefficient (Wildman–Crippen LogP) is 3.93. The molecular weight excluding hydrogens is 337 g/mol. The van der Waals surface area contributed by atoms with Crippen molar-refractivity contribution in [2.24, 2.45) is 11.8 Å². The smallest absolute Gasteiger partial charge is 0.410 e. The molecule has 2 fully saturated rings. The summed E-state index contributed by atoms with van der Waals surface area (Å²) < 4.78 is 5.39. The van der Waals surface area contributed by atoms with Gasteiger partial charge in [0.15, 0.2) is 0 Å². The van der Waals surface area contributed by atoms with Crippen LogP contribution in [0.5, 0.6) is 0 Å². The first-order valence-electron chi connectivity index (χ1n) is 7.59. The average Bonchev–Trinajstić information content (AvgIpc) is 2.84. The number of rotatable bonds is 2. The molecule has 1 aliphatic carbocycles. The molecule has 1 saturated carbocycles. The molecule has 1 amide bonds. The standard InChI is InChI=1S/C17H19Cl2NO3/c1-16(2,3)23-15(22)20-7-11-12(8-20)17(11,9-21)10-4-5-13(18)14(19)6-10/h4-6,9,11-12H,7-8H2,1-3H3/t11-,12+,17?. The Balaban J connectivity index is 1.75. The number of halogens is 2. The van der Waals surface area contributed by atoms with Gasteiger partial charge in [0.1, 0.15) is 11.9 Å². The molecule has 1 aromatic carbocycles. The van der Waals surface area contributed by atoms with Crippen LogP contribution in [0.3, 0.4) is 0 Å². The zero-order valence-corrected chi connectivity index (χ0v) is 14.8. The molecule has 3 rings (SSSR count). The highest BCUT2D eigenvalue weighted by Gasteiger charge is 2.70. The lowest BCUT2D eigenvalue weighted by molar-refractivity contribution is -0.110. The second-order valence-corrected chi connectivity index (χ2v) is 8.09. The van der Waals surface area contributed by atoms with Crippen molar-refractivity contribution in [3.05, 3.63) is 33.8 Å². The van der Waals surface area contributed by atoms with E-state index in [1.165, 1.54) is 0 Å². The Labute approximate surface area is 145 Å². The van der Waals surface area contributed by atoms with Gasteiger partial charge in [0.2, 0.25) is 0 Å². The third-order valence-electron chi connectivity index (χ3n) is 4.70. The van der Waals surface area contributed by atoms with Crippen molar-refractivity contribution in [1.29, 1.82) is 0 Å². The molecule has 0 N–H and O–H groups in total. The summed E-state index contributed by atoms with van der Waals surface area (Å²) in [6, 6.07) is 5.32. The van der Waals surface area contributed by atoms with Gasteiger partial charge in [-0.15, -0.1) is 0 Å². The van der Waals surface area contributed by atoms with Crippen LogP contribution in [0.1, 0.15) is 26.3 Å². The summed E-state index contributed by atoms with van der Waals surface area (Å²) in [6.07, 6.45) is 0.674. The van der Waals surface area contributed by atoms with Crippen LogP contribution < -0.4 is 0 Å². The first-order chi connectivity index (χ1) is 10.7. The summed E-state index contributed by atoms with van der Waals surface area (Å²) in [7, 11) is 0. The van der Waals surface area contributed by atoms with E-state index in [9.17, 15) is 9.59 Å². The lowest BCUT2D eigenvalue weighted by atomic mass is 9.92. The Morgan fingerprint density at radius 3 is 2.35 bits per heavy atom. The van der Waals surface area contributed by atoms with E-state index in [0.717, 1.165) is 11.8 Å². The quantitative estimate of drug-likeness (QED) is 0.755. The first-order valence-corrected chi connectivity index (χ1v) is 8.34. The van der Waals surface area contributed by atoms with Gasteiger partial charge in [-0.25, -0.2) is 4.79 Å². The van der Waals surface area contributed by atoms with Gasteiger partial charge in [-0.2, -0.15) is 0 Å². The Morgan fingerprint density at radius 2 is 1.87 bits per heavy atom. The molecule has 4 nitrogen and oxygen atoms in total. The lowest BCUT2D eigenvalue weighted by Crippen LogP contribution is -2.39. The van der Waals surface area contributed by atoms with E-state index in [1.807, 2.05) is 26.8 Å². The van der Waals surface area contributed by atoms with Crippen molar-refractivity contribution >= 4 is 35.6 Å². The van der Waals surface area contributed by atoms with Crippen LogP contribution in [-0.2, 0) is 14.9 Å². The normalized spacial score (nSPS) is 29.2. The minimum absolute atomic E-state index is 0.116. The van der Waals surface area contributed by atoms with E-state index in [2.05, 4.69) is 0 Å². The maximum Gasteiger partial charge on any atom is 0.410 e. The van der Waals surface area contributed by atoms with Gasteiger partial charge in [0.05, 0.1) is 15.5 Å². The van der Waals surface area contributed by atoms with Crippen molar-refractivity contribution in [3.8, 4) is 0 Å². The molecule has 3 atom stereocenters. The van der Waals surface area contributed by atoms with E-state index in [1.54, 1.807) is 17.0 Å². The van der Waals surface area contributed by atoms with Gasteiger partial charge >= 0.3 is 6.09 Å². The number of likely N-dealkylation sites (tertiary alicyclic amines) is 1. The van der Waals surface area contributed by atoms with Crippen molar-refractivity contribution in [2.45, 2.75) is 31.8 Å². The summed E-state index contributed by atoms with van der Waals surface area (Å²) in [5.41, 5.74) is -0.192. The molecular formula is C17H19Cl2NO3.